The Morgan fingerprint density at radius 2 is 1.06 bits per heavy atom. The molecule has 108 valence electrons. The largest absolute Gasteiger partial charge is 0.455 e. The minimum atomic E-state index is -6.47. The van der Waals surface area contributed by atoms with Gasteiger partial charge < -0.3 is 0 Å². The van der Waals surface area contributed by atoms with E-state index in [1.54, 1.807) is 0 Å². The molecule has 0 radical (unpaired) electrons. The van der Waals surface area contributed by atoms with Gasteiger partial charge in [-0.1, -0.05) is 0 Å². The van der Waals surface area contributed by atoms with E-state index in [1.807, 2.05) is 0 Å². The smallest absolute Gasteiger partial charge is 0.214 e. The maximum Gasteiger partial charge on any atom is 0.455 e. The number of rotatable bonds is 0. The molecule has 1 aliphatic heterocycles. The van der Waals surface area contributed by atoms with Crippen LogP contribution in [0.3, 0.4) is 0 Å². The van der Waals surface area contributed by atoms with E-state index in [2.05, 4.69) is 8.37 Å². The van der Waals surface area contributed by atoms with Crippen LogP contribution in [-0.4, -0.2) is 40.1 Å². The first-order chi connectivity index (χ1) is 7.62. The monoisotopic (exact) mass is 324 g/mol. The lowest BCUT2D eigenvalue weighted by Gasteiger charge is -2.36. The van der Waals surface area contributed by atoms with E-state index in [1.165, 1.54) is 0 Å². The summed E-state index contributed by atoms with van der Waals surface area (Å²) in [6.45, 7) is 0. The zero-order valence-electron chi connectivity index (χ0n) is 7.74. The van der Waals surface area contributed by atoms with Gasteiger partial charge in [0.25, 0.3) is 20.2 Å². The fraction of sp³-hybridized carbons (Fsp3) is 1.00. The van der Waals surface area contributed by atoms with Crippen LogP contribution in [0.4, 0.5) is 26.3 Å². The minimum absolute atomic E-state index is 2.14. The molecule has 1 saturated heterocycles. The van der Waals surface area contributed by atoms with Gasteiger partial charge in [-0.05, 0) is 0 Å². The third-order valence-corrected chi connectivity index (χ3v) is 4.81. The normalized spacial score (nSPS) is 26.8. The SMILES string of the molecule is O=S1(=O)CS(=O)(=O)OC(C(F)(F)F)(C(F)(F)F)O1. The topological polar surface area (TPSA) is 86.7 Å². The number of hydrogen-bond donors (Lipinski definition) is 0. The summed E-state index contributed by atoms with van der Waals surface area (Å²) in [6.07, 6.45) is -12.9. The van der Waals surface area contributed by atoms with Crippen molar-refractivity contribution < 1.29 is 51.5 Å². The number of hydrogen-bond acceptors (Lipinski definition) is 6. The van der Waals surface area contributed by atoms with Crippen molar-refractivity contribution in [3.63, 3.8) is 0 Å². The van der Waals surface area contributed by atoms with Crippen molar-refractivity contribution in [2.75, 3.05) is 5.08 Å². The first-order valence-electron chi connectivity index (χ1n) is 3.62. The van der Waals surface area contributed by atoms with Crippen LogP contribution in [0.25, 0.3) is 0 Å². The molecule has 1 rings (SSSR count). The summed E-state index contributed by atoms with van der Waals surface area (Å²) >= 11 is 0. The molecule has 0 aliphatic carbocycles. The van der Waals surface area contributed by atoms with Gasteiger partial charge in [0.05, 0.1) is 0 Å². The summed E-state index contributed by atoms with van der Waals surface area (Å²) in [5.41, 5.74) is 0. The Kier molecular flexibility index (Phi) is 3.18. The maximum atomic E-state index is 12.3. The van der Waals surface area contributed by atoms with E-state index in [-0.39, 0.29) is 0 Å². The fourth-order valence-electron chi connectivity index (χ4n) is 0.946. The predicted octanol–water partition coefficient (Wildman–Crippen LogP) is 0.471. The van der Waals surface area contributed by atoms with Crippen LogP contribution in [0.5, 0.6) is 0 Å². The molecule has 0 saturated carbocycles. The summed E-state index contributed by atoms with van der Waals surface area (Å²) in [6, 6.07) is 0. The molecule has 0 aromatic rings. The van der Waals surface area contributed by atoms with Crippen LogP contribution in [-0.2, 0) is 28.6 Å². The van der Waals surface area contributed by atoms with Crippen molar-refractivity contribution in [1.29, 1.82) is 0 Å². The molecule has 0 spiro atoms. The van der Waals surface area contributed by atoms with Crippen molar-refractivity contribution in [3.8, 4) is 0 Å². The van der Waals surface area contributed by atoms with Gasteiger partial charge in [0.15, 0.2) is 0 Å². The highest BCUT2D eigenvalue weighted by Gasteiger charge is 2.80. The van der Waals surface area contributed by atoms with Gasteiger partial charge in [-0.15, -0.1) is 0 Å². The summed E-state index contributed by atoms with van der Waals surface area (Å²) in [5.74, 6) is -5.75. The molecular formula is C4H2F6O6S2. The van der Waals surface area contributed by atoms with Crippen molar-refractivity contribution in [2.45, 2.75) is 18.1 Å². The Morgan fingerprint density at radius 1 is 0.778 bits per heavy atom. The van der Waals surface area contributed by atoms with Gasteiger partial charge in [-0.2, -0.15) is 43.2 Å². The van der Waals surface area contributed by atoms with Crippen LogP contribution in [0, 0.1) is 0 Å². The highest BCUT2D eigenvalue weighted by atomic mass is 32.3. The molecule has 0 aromatic carbocycles. The Hall–Kier alpha value is -0.600. The van der Waals surface area contributed by atoms with E-state index in [0.29, 0.717) is 0 Å². The minimum Gasteiger partial charge on any atom is -0.214 e. The predicted molar refractivity (Wildman–Crippen MR) is 39.7 cm³/mol. The fourth-order valence-corrected chi connectivity index (χ4v) is 3.95. The van der Waals surface area contributed by atoms with E-state index in [4.69, 9.17) is 0 Å². The average molecular weight is 324 g/mol. The maximum absolute atomic E-state index is 12.3. The van der Waals surface area contributed by atoms with Gasteiger partial charge in [0, 0.05) is 0 Å². The number of halogens is 6. The second kappa shape index (κ2) is 3.71. The Labute approximate surface area is 95.7 Å². The molecule has 0 bridgehead atoms. The highest BCUT2D eigenvalue weighted by Crippen LogP contribution is 2.50. The molecule has 1 heterocycles. The average Bonchev–Trinajstić information content (AvgIpc) is 1.92. The van der Waals surface area contributed by atoms with Gasteiger partial charge in [-0.3, -0.25) is 0 Å². The first-order valence-corrected chi connectivity index (χ1v) is 6.77. The lowest BCUT2D eigenvalue weighted by atomic mass is 10.3. The molecule has 1 aliphatic rings. The summed E-state index contributed by atoms with van der Waals surface area (Å²) in [4.78, 5) is 0. The van der Waals surface area contributed by atoms with Crippen molar-refractivity contribution >= 4 is 20.2 Å². The third-order valence-electron chi connectivity index (χ3n) is 1.52. The molecule has 1 fully saturated rings. The van der Waals surface area contributed by atoms with Crippen LogP contribution < -0.4 is 0 Å². The van der Waals surface area contributed by atoms with Crippen LogP contribution in [0.2, 0.25) is 0 Å². The van der Waals surface area contributed by atoms with Crippen LogP contribution in [0.15, 0.2) is 0 Å². The molecule has 0 atom stereocenters. The zero-order chi connectivity index (χ0) is 14.6. The van der Waals surface area contributed by atoms with E-state index in [0.717, 1.165) is 0 Å². The Bertz CT molecular complexity index is 490. The number of alkyl halides is 6. The Balaban J connectivity index is 3.56. The van der Waals surface area contributed by atoms with Gasteiger partial charge >= 0.3 is 18.1 Å². The lowest BCUT2D eigenvalue weighted by molar-refractivity contribution is -0.422. The van der Waals surface area contributed by atoms with Gasteiger partial charge in [0.1, 0.15) is 0 Å². The van der Waals surface area contributed by atoms with Crippen LogP contribution >= 0.6 is 0 Å². The molecule has 18 heavy (non-hydrogen) atoms. The summed E-state index contributed by atoms with van der Waals surface area (Å²) < 4.78 is 122. The lowest BCUT2D eigenvalue weighted by Crippen LogP contribution is -2.65. The quantitative estimate of drug-likeness (QED) is 0.476. The second-order valence-electron chi connectivity index (χ2n) is 3.01. The van der Waals surface area contributed by atoms with E-state index in [9.17, 15) is 43.2 Å². The molecule has 14 heteroatoms. The summed E-state index contributed by atoms with van der Waals surface area (Å²) in [7, 11) is -11.2. The second-order valence-corrected chi connectivity index (χ2v) is 6.52. The molecule has 6 nitrogen and oxygen atoms in total. The standard InChI is InChI=1S/C4H2F6O6S2/c5-3(6,7)2(4(8,9)10)15-17(11,12)1-18(13,14)16-2/h1H2. The molecular weight excluding hydrogens is 322 g/mol. The zero-order valence-corrected chi connectivity index (χ0v) is 9.37. The van der Waals surface area contributed by atoms with E-state index >= 15 is 0 Å². The molecule has 0 N–H and O–H groups in total. The molecule has 0 aromatic heterocycles. The van der Waals surface area contributed by atoms with Crippen LogP contribution in [0.1, 0.15) is 0 Å². The van der Waals surface area contributed by atoms with Gasteiger partial charge in [0.2, 0.25) is 5.08 Å². The van der Waals surface area contributed by atoms with Crippen molar-refractivity contribution in [2.24, 2.45) is 0 Å². The van der Waals surface area contributed by atoms with Gasteiger partial charge in [-0.25, -0.2) is 8.37 Å². The molecule has 0 amide bonds. The van der Waals surface area contributed by atoms with E-state index < -0.39 is 43.5 Å². The Morgan fingerprint density at radius 3 is 1.28 bits per heavy atom. The summed E-state index contributed by atoms with van der Waals surface area (Å²) in [5, 5.41) is -2.14. The highest BCUT2D eigenvalue weighted by molar-refractivity contribution is 8.04. The van der Waals surface area contributed by atoms with Crippen molar-refractivity contribution in [3.05, 3.63) is 0 Å². The third kappa shape index (κ3) is 2.55. The van der Waals surface area contributed by atoms with Crippen molar-refractivity contribution in [1.82, 2.24) is 0 Å². The molecule has 0 unspecified atom stereocenters. The first kappa shape index (κ1) is 15.5.